The second kappa shape index (κ2) is 8.13. The van der Waals surface area contributed by atoms with Crippen LogP contribution in [0, 0.1) is 28.6 Å². The van der Waals surface area contributed by atoms with Gasteiger partial charge in [0.05, 0.1) is 29.1 Å². The van der Waals surface area contributed by atoms with Gasteiger partial charge in [-0.3, -0.25) is 9.59 Å². The fourth-order valence-electron chi connectivity index (χ4n) is 7.49. The predicted molar refractivity (Wildman–Crippen MR) is 136 cm³/mol. The van der Waals surface area contributed by atoms with Crippen molar-refractivity contribution < 1.29 is 24.9 Å². The molecular formula is C26H29ClINO5. The molecule has 1 spiro atoms. The summed E-state index contributed by atoms with van der Waals surface area (Å²) in [5.74, 6) is -1.52. The Kier molecular flexibility index (Phi) is 5.84. The zero-order valence-electron chi connectivity index (χ0n) is 18.9. The summed E-state index contributed by atoms with van der Waals surface area (Å²) >= 11 is 7.79. The molecule has 182 valence electrons. The number of halogens is 2. The number of fused-ring (bicyclic) bond motifs is 3. The zero-order chi connectivity index (χ0) is 24.6. The fourth-order valence-corrected chi connectivity index (χ4v) is 8.36. The summed E-state index contributed by atoms with van der Waals surface area (Å²) in [6, 6.07) is 7.26. The standard InChI is InChI=1S/C26H29ClINO5/c1-13-10-25-12-26(13,34)7-6-17(25)16-9-18(30)21(31)24(2,23(28)33)19(16)20(25)22(32)29-11-14-4-3-5-15(27)8-14/h3-5,8-9,17-21,30-31,34H,1,6-7,10-12H2,2H3,(H,29,32)/t17-,18+,19+,20+,21-,24-,25-,26-/m0/s1. The van der Waals surface area contributed by atoms with Gasteiger partial charge in [-0.25, -0.2) is 0 Å². The molecule has 4 aliphatic rings. The van der Waals surface area contributed by atoms with Crippen LogP contribution in [-0.4, -0.2) is 42.8 Å². The van der Waals surface area contributed by atoms with Crippen LogP contribution in [0.3, 0.4) is 0 Å². The van der Waals surface area contributed by atoms with E-state index in [1.165, 1.54) is 0 Å². The zero-order valence-corrected chi connectivity index (χ0v) is 21.8. The van der Waals surface area contributed by atoms with Gasteiger partial charge in [0.25, 0.3) is 0 Å². The van der Waals surface area contributed by atoms with Crippen molar-refractivity contribution in [1.29, 1.82) is 0 Å². The Balaban J connectivity index is 1.60. The highest BCUT2D eigenvalue weighted by molar-refractivity contribution is 14.1. The van der Waals surface area contributed by atoms with Crippen LogP contribution in [0.2, 0.25) is 5.02 Å². The number of hydrogen-bond donors (Lipinski definition) is 4. The van der Waals surface area contributed by atoms with Crippen LogP contribution in [0.25, 0.3) is 0 Å². The molecule has 6 nitrogen and oxygen atoms in total. The summed E-state index contributed by atoms with van der Waals surface area (Å²) in [4.78, 5) is 27.0. The van der Waals surface area contributed by atoms with Crippen molar-refractivity contribution in [3.8, 4) is 0 Å². The number of amides is 1. The molecule has 0 unspecified atom stereocenters. The van der Waals surface area contributed by atoms with Gasteiger partial charge in [0.15, 0.2) is 0 Å². The molecule has 1 amide bonds. The quantitative estimate of drug-likeness (QED) is 0.242. The first-order chi connectivity index (χ1) is 15.9. The highest BCUT2D eigenvalue weighted by atomic mass is 127. The van der Waals surface area contributed by atoms with Gasteiger partial charge in [-0.1, -0.05) is 42.0 Å². The average molecular weight is 598 g/mol. The highest BCUT2D eigenvalue weighted by Gasteiger charge is 2.73. The van der Waals surface area contributed by atoms with Gasteiger partial charge in [-0.15, -0.1) is 0 Å². The van der Waals surface area contributed by atoms with E-state index in [2.05, 4.69) is 11.9 Å². The maximum absolute atomic E-state index is 14.0. The van der Waals surface area contributed by atoms with Crippen LogP contribution in [0.5, 0.6) is 0 Å². The number of carbonyl (C=O) groups is 2. The number of rotatable bonds is 4. The van der Waals surface area contributed by atoms with Crippen LogP contribution < -0.4 is 5.32 Å². The van der Waals surface area contributed by atoms with E-state index in [0.717, 1.165) is 16.7 Å². The van der Waals surface area contributed by atoms with Crippen molar-refractivity contribution in [1.82, 2.24) is 5.32 Å². The van der Waals surface area contributed by atoms with Crippen LogP contribution in [0.4, 0.5) is 0 Å². The Bertz CT molecular complexity index is 1120. The first kappa shape index (κ1) is 24.4. The SMILES string of the molecule is C=C1C[C@]23C[C@@]1(O)CC[C@H]2C1=C[C@@H](O)[C@H](O)[C@@](C)(C(=O)I)[C@H]1[C@@H]3C(=O)NCc1cccc(Cl)c1. The van der Waals surface area contributed by atoms with E-state index in [-0.39, 0.29) is 22.2 Å². The molecule has 3 fully saturated rings. The van der Waals surface area contributed by atoms with Crippen molar-refractivity contribution in [3.63, 3.8) is 0 Å². The molecule has 0 saturated heterocycles. The predicted octanol–water partition coefficient (Wildman–Crippen LogP) is 3.31. The van der Waals surface area contributed by atoms with Crippen molar-refractivity contribution in [3.05, 3.63) is 58.7 Å². The van der Waals surface area contributed by atoms with Crippen molar-refractivity contribution in [2.45, 2.75) is 57.0 Å². The smallest absolute Gasteiger partial charge is 0.224 e. The summed E-state index contributed by atoms with van der Waals surface area (Å²) in [5.41, 5.74) is -0.536. The monoisotopic (exact) mass is 597 g/mol. The molecule has 8 heteroatoms. The van der Waals surface area contributed by atoms with E-state index in [1.807, 2.05) is 12.1 Å². The molecule has 0 aliphatic heterocycles. The third kappa shape index (κ3) is 3.30. The van der Waals surface area contributed by atoms with Crippen LogP contribution >= 0.6 is 34.2 Å². The number of aliphatic hydroxyl groups is 3. The first-order valence-electron chi connectivity index (χ1n) is 11.6. The van der Waals surface area contributed by atoms with Crippen LogP contribution in [0.1, 0.15) is 38.2 Å². The molecule has 0 radical (unpaired) electrons. The van der Waals surface area contributed by atoms with Crippen molar-refractivity contribution in [2.24, 2.45) is 28.6 Å². The van der Waals surface area contributed by atoms with E-state index < -0.39 is 40.5 Å². The highest BCUT2D eigenvalue weighted by Crippen LogP contribution is 2.73. The molecule has 0 aromatic heterocycles. The Morgan fingerprint density at radius 1 is 1.32 bits per heavy atom. The molecule has 4 N–H and O–H groups in total. The van der Waals surface area contributed by atoms with Crippen molar-refractivity contribution >= 4 is 43.9 Å². The van der Waals surface area contributed by atoms with E-state index in [9.17, 15) is 24.9 Å². The van der Waals surface area contributed by atoms with Crippen molar-refractivity contribution in [2.75, 3.05) is 0 Å². The number of hydrogen-bond acceptors (Lipinski definition) is 5. The van der Waals surface area contributed by atoms with Crippen LogP contribution in [-0.2, 0) is 16.1 Å². The minimum atomic E-state index is -1.34. The van der Waals surface area contributed by atoms with Gasteiger partial charge in [-0.2, -0.15) is 0 Å². The summed E-state index contributed by atoms with van der Waals surface area (Å²) in [5, 5.41) is 36.7. The summed E-state index contributed by atoms with van der Waals surface area (Å²) < 4.78 is -0.290. The maximum atomic E-state index is 14.0. The summed E-state index contributed by atoms with van der Waals surface area (Å²) in [6.45, 7) is 6.09. The van der Waals surface area contributed by atoms with E-state index >= 15 is 0 Å². The Labute approximate surface area is 217 Å². The lowest BCUT2D eigenvalue weighted by atomic mass is 9.60. The van der Waals surface area contributed by atoms with Gasteiger partial charge < -0.3 is 20.6 Å². The third-order valence-corrected chi connectivity index (χ3v) is 10.5. The minimum absolute atomic E-state index is 0.0730. The van der Waals surface area contributed by atoms with E-state index in [0.29, 0.717) is 30.7 Å². The fraction of sp³-hybridized carbons (Fsp3) is 0.538. The van der Waals surface area contributed by atoms with Gasteiger partial charge >= 0.3 is 0 Å². The minimum Gasteiger partial charge on any atom is -0.389 e. The number of allylic oxidation sites excluding steroid dienone is 1. The molecule has 34 heavy (non-hydrogen) atoms. The topological polar surface area (TPSA) is 107 Å². The lowest BCUT2D eigenvalue weighted by molar-refractivity contribution is -0.145. The largest absolute Gasteiger partial charge is 0.389 e. The molecule has 3 saturated carbocycles. The molecule has 4 aliphatic carbocycles. The Hall–Kier alpha value is -1.26. The van der Waals surface area contributed by atoms with Crippen LogP contribution in [0.15, 0.2) is 48.1 Å². The second-order valence-electron chi connectivity index (χ2n) is 10.8. The van der Waals surface area contributed by atoms with E-state index in [4.69, 9.17) is 11.6 Å². The molecular weight excluding hydrogens is 569 g/mol. The average Bonchev–Trinajstić information content (AvgIpc) is 3.16. The Morgan fingerprint density at radius 2 is 2.06 bits per heavy atom. The lowest BCUT2D eigenvalue weighted by Crippen LogP contribution is -2.56. The Morgan fingerprint density at radius 3 is 2.74 bits per heavy atom. The number of aliphatic hydroxyl groups excluding tert-OH is 2. The molecule has 5 rings (SSSR count). The summed E-state index contributed by atoms with van der Waals surface area (Å²) in [6.07, 6.45) is 1.20. The van der Waals surface area contributed by atoms with Gasteiger partial charge in [0.2, 0.25) is 9.70 Å². The molecule has 8 atom stereocenters. The second-order valence-corrected chi connectivity index (χ2v) is 12.2. The summed E-state index contributed by atoms with van der Waals surface area (Å²) in [7, 11) is 0. The molecule has 2 bridgehead atoms. The van der Waals surface area contributed by atoms with Gasteiger partial charge in [-0.05, 0) is 67.2 Å². The van der Waals surface area contributed by atoms with Gasteiger partial charge in [0, 0.05) is 40.1 Å². The molecule has 1 aromatic carbocycles. The van der Waals surface area contributed by atoms with E-state index in [1.54, 1.807) is 47.7 Å². The number of carbonyl (C=O) groups excluding carboxylic acids is 2. The normalized spacial score (nSPS) is 42.6. The first-order valence-corrected chi connectivity index (χ1v) is 13.1. The molecule has 0 heterocycles. The molecule has 1 aromatic rings. The lowest BCUT2D eigenvalue weighted by Gasteiger charge is -2.45. The van der Waals surface area contributed by atoms with Gasteiger partial charge in [0.1, 0.15) is 0 Å². The third-order valence-electron chi connectivity index (χ3n) is 9.09. The number of benzene rings is 1. The maximum Gasteiger partial charge on any atom is 0.224 e. The number of nitrogens with one attached hydrogen (secondary N) is 1.